The van der Waals surface area contributed by atoms with Crippen LogP contribution in [0.1, 0.15) is 19.4 Å². The molecule has 0 saturated heterocycles. The van der Waals surface area contributed by atoms with Crippen LogP contribution >= 0.6 is 0 Å². The van der Waals surface area contributed by atoms with Gasteiger partial charge in [0.05, 0.1) is 10.5 Å². The van der Waals surface area contributed by atoms with Crippen LogP contribution in [0.4, 0.5) is 13.2 Å². The Morgan fingerprint density at radius 3 is 2.25 bits per heavy atom. The lowest BCUT2D eigenvalue weighted by Gasteiger charge is -2.21. The van der Waals surface area contributed by atoms with Crippen LogP contribution in [0.5, 0.6) is 0 Å². The van der Waals surface area contributed by atoms with Crippen LogP contribution in [-0.4, -0.2) is 25.0 Å². The molecule has 0 unspecified atom stereocenters. The van der Waals surface area contributed by atoms with Gasteiger partial charge >= 0.3 is 12.1 Å². The number of alkyl halides is 3. The van der Waals surface area contributed by atoms with E-state index in [1.54, 1.807) is 0 Å². The highest BCUT2D eigenvalue weighted by atomic mass is 32.2. The van der Waals surface area contributed by atoms with E-state index in [-0.39, 0.29) is 0 Å². The fraction of sp³-hybridized carbons (Fsp3) is 0.364. The van der Waals surface area contributed by atoms with Crippen molar-refractivity contribution in [3.05, 3.63) is 29.8 Å². The Labute approximate surface area is 113 Å². The van der Waals surface area contributed by atoms with Gasteiger partial charge in [-0.15, -0.1) is 0 Å². The SMILES string of the molecule is CC(C)(NS(=O)(=O)c1cccc(C(F)(F)F)c1)C(=O)O. The number of carboxylic acids is 1. The second-order valence-electron chi connectivity index (χ2n) is 4.56. The highest BCUT2D eigenvalue weighted by Gasteiger charge is 2.35. The zero-order chi connectivity index (χ0) is 15.8. The number of hydrogen-bond acceptors (Lipinski definition) is 3. The van der Waals surface area contributed by atoms with Gasteiger partial charge in [-0.1, -0.05) is 6.07 Å². The molecule has 0 saturated carbocycles. The minimum atomic E-state index is -4.69. The molecule has 0 heterocycles. The minimum Gasteiger partial charge on any atom is -0.480 e. The van der Waals surface area contributed by atoms with E-state index in [9.17, 15) is 26.4 Å². The van der Waals surface area contributed by atoms with Gasteiger partial charge in [-0.2, -0.15) is 17.9 Å². The van der Waals surface area contributed by atoms with Crippen molar-refractivity contribution < 1.29 is 31.5 Å². The van der Waals surface area contributed by atoms with E-state index in [2.05, 4.69) is 0 Å². The summed E-state index contributed by atoms with van der Waals surface area (Å²) >= 11 is 0. The third-order valence-corrected chi connectivity index (χ3v) is 4.05. The van der Waals surface area contributed by atoms with Crippen molar-refractivity contribution in [2.75, 3.05) is 0 Å². The predicted octanol–water partition coefficient (Wildman–Crippen LogP) is 1.85. The Balaban J connectivity index is 3.21. The van der Waals surface area contributed by atoms with Crippen LogP contribution in [0.15, 0.2) is 29.2 Å². The number of sulfonamides is 1. The van der Waals surface area contributed by atoms with Crippen molar-refractivity contribution in [2.24, 2.45) is 0 Å². The summed E-state index contributed by atoms with van der Waals surface area (Å²) in [7, 11) is -4.38. The van der Waals surface area contributed by atoms with Crippen molar-refractivity contribution >= 4 is 16.0 Å². The molecule has 0 aromatic heterocycles. The van der Waals surface area contributed by atoms with Gasteiger partial charge in [-0.3, -0.25) is 4.79 Å². The van der Waals surface area contributed by atoms with Gasteiger partial charge in [-0.05, 0) is 32.0 Å². The Morgan fingerprint density at radius 2 is 1.80 bits per heavy atom. The van der Waals surface area contributed by atoms with Crippen molar-refractivity contribution in [1.82, 2.24) is 4.72 Å². The van der Waals surface area contributed by atoms with Crippen molar-refractivity contribution in [1.29, 1.82) is 0 Å². The van der Waals surface area contributed by atoms with Gasteiger partial charge in [0.2, 0.25) is 10.0 Å². The molecule has 112 valence electrons. The zero-order valence-electron chi connectivity index (χ0n) is 10.5. The van der Waals surface area contributed by atoms with E-state index >= 15 is 0 Å². The minimum absolute atomic E-state index is 0.445. The molecule has 0 fully saturated rings. The summed E-state index contributed by atoms with van der Waals surface area (Å²) in [5.41, 5.74) is -2.97. The molecule has 1 aromatic rings. The fourth-order valence-electron chi connectivity index (χ4n) is 1.28. The Bertz CT molecular complexity index is 623. The molecule has 1 aromatic carbocycles. The number of hydrogen-bond donors (Lipinski definition) is 2. The van der Waals surface area contributed by atoms with Crippen LogP contribution in [0, 0.1) is 0 Å². The third kappa shape index (κ3) is 3.70. The summed E-state index contributed by atoms with van der Waals surface area (Å²) in [4.78, 5) is 10.2. The average molecular weight is 311 g/mol. The summed E-state index contributed by atoms with van der Waals surface area (Å²) in [5.74, 6) is -1.45. The second kappa shape index (κ2) is 5.06. The Kier molecular flexibility index (Phi) is 4.16. The number of aliphatic carboxylic acids is 1. The lowest BCUT2D eigenvalue weighted by atomic mass is 10.1. The first-order valence-electron chi connectivity index (χ1n) is 5.31. The number of halogens is 3. The maximum atomic E-state index is 12.5. The molecule has 2 N–H and O–H groups in total. The summed E-state index contributed by atoms with van der Waals surface area (Å²) in [6, 6.07) is 3.06. The summed E-state index contributed by atoms with van der Waals surface area (Å²) in [5, 5.41) is 8.83. The molecule has 0 aliphatic rings. The van der Waals surface area contributed by atoms with E-state index < -0.39 is 38.2 Å². The number of carboxylic acid groups (broad SMARTS) is 1. The number of rotatable bonds is 4. The highest BCUT2D eigenvalue weighted by Crippen LogP contribution is 2.30. The van der Waals surface area contributed by atoms with E-state index in [0.717, 1.165) is 32.0 Å². The van der Waals surface area contributed by atoms with Gasteiger partial charge in [0.15, 0.2) is 0 Å². The van der Waals surface area contributed by atoms with Gasteiger partial charge in [0.1, 0.15) is 5.54 Å². The summed E-state index contributed by atoms with van der Waals surface area (Å²) < 4.78 is 63.2. The molecule has 0 atom stereocenters. The van der Waals surface area contributed by atoms with Gasteiger partial charge in [0, 0.05) is 0 Å². The molecule has 0 spiro atoms. The summed E-state index contributed by atoms with van der Waals surface area (Å²) in [6.07, 6.45) is -4.69. The molecule has 0 amide bonds. The fourth-order valence-corrected chi connectivity index (χ4v) is 2.69. The number of benzene rings is 1. The first-order valence-corrected chi connectivity index (χ1v) is 6.79. The van der Waals surface area contributed by atoms with Crippen molar-refractivity contribution in [3.63, 3.8) is 0 Å². The highest BCUT2D eigenvalue weighted by molar-refractivity contribution is 7.89. The third-order valence-electron chi connectivity index (χ3n) is 2.40. The number of carbonyl (C=O) groups is 1. The lowest BCUT2D eigenvalue weighted by Crippen LogP contribution is -2.49. The smallest absolute Gasteiger partial charge is 0.416 e. The quantitative estimate of drug-likeness (QED) is 0.889. The topological polar surface area (TPSA) is 83.5 Å². The maximum Gasteiger partial charge on any atom is 0.416 e. The molecule has 5 nitrogen and oxygen atoms in total. The largest absolute Gasteiger partial charge is 0.480 e. The molecular formula is C11H12F3NO4S. The molecule has 1 rings (SSSR count). The Hall–Kier alpha value is -1.61. The Morgan fingerprint density at radius 1 is 1.25 bits per heavy atom. The van der Waals surface area contributed by atoms with Crippen LogP contribution in [0.3, 0.4) is 0 Å². The predicted molar refractivity (Wildman–Crippen MR) is 63.5 cm³/mol. The molecular weight excluding hydrogens is 299 g/mol. The molecule has 0 aliphatic heterocycles. The zero-order valence-corrected chi connectivity index (χ0v) is 11.3. The van der Waals surface area contributed by atoms with Crippen LogP contribution in [0.2, 0.25) is 0 Å². The first kappa shape index (κ1) is 16.4. The average Bonchev–Trinajstić information content (AvgIpc) is 2.26. The molecule has 0 radical (unpaired) electrons. The molecule has 20 heavy (non-hydrogen) atoms. The standard InChI is InChI=1S/C11H12F3NO4S/c1-10(2,9(16)17)15-20(18,19)8-5-3-4-7(6-8)11(12,13)14/h3-6,15H,1-2H3,(H,16,17). The van der Waals surface area contributed by atoms with Crippen LogP contribution < -0.4 is 4.72 Å². The van der Waals surface area contributed by atoms with E-state index in [1.807, 2.05) is 4.72 Å². The van der Waals surface area contributed by atoms with Crippen LogP contribution in [0.25, 0.3) is 0 Å². The van der Waals surface area contributed by atoms with Crippen LogP contribution in [-0.2, 0) is 21.0 Å². The molecule has 0 bridgehead atoms. The first-order chi connectivity index (χ1) is 8.86. The van der Waals surface area contributed by atoms with E-state index in [1.165, 1.54) is 0 Å². The molecule has 9 heteroatoms. The monoisotopic (exact) mass is 311 g/mol. The van der Waals surface area contributed by atoms with Crippen molar-refractivity contribution in [2.45, 2.75) is 30.5 Å². The maximum absolute atomic E-state index is 12.5. The second-order valence-corrected chi connectivity index (χ2v) is 6.24. The lowest BCUT2D eigenvalue weighted by molar-refractivity contribution is -0.142. The number of nitrogens with one attached hydrogen (secondary N) is 1. The van der Waals surface area contributed by atoms with E-state index in [0.29, 0.717) is 6.07 Å². The van der Waals surface area contributed by atoms with Gasteiger partial charge < -0.3 is 5.11 Å². The van der Waals surface area contributed by atoms with Gasteiger partial charge in [0.25, 0.3) is 0 Å². The van der Waals surface area contributed by atoms with Crippen molar-refractivity contribution in [3.8, 4) is 0 Å². The molecule has 0 aliphatic carbocycles. The van der Waals surface area contributed by atoms with Gasteiger partial charge in [-0.25, -0.2) is 8.42 Å². The van der Waals surface area contributed by atoms with E-state index in [4.69, 9.17) is 5.11 Å². The summed E-state index contributed by atoms with van der Waals surface area (Å²) in [6.45, 7) is 2.17. The normalized spacial score (nSPS) is 13.2.